The summed E-state index contributed by atoms with van der Waals surface area (Å²) in [5.74, 6) is 0.210. The fourth-order valence-corrected chi connectivity index (χ4v) is 1.44. The van der Waals surface area contributed by atoms with Gasteiger partial charge >= 0.3 is 0 Å². The van der Waals surface area contributed by atoms with Crippen molar-refractivity contribution in [1.82, 2.24) is 15.5 Å². The number of ether oxygens (including phenoxy) is 1. The zero-order valence-corrected chi connectivity index (χ0v) is 10.9. The number of aliphatic hydroxyl groups excluding tert-OH is 1. The van der Waals surface area contributed by atoms with Crippen LogP contribution >= 0.6 is 0 Å². The van der Waals surface area contributed by atoms with Gasteiger partial charge in [-0.05, 0) is 12.0 Å². The molecule has 0 saturated heterocycles. The molecular formula is C12H19N3O3. The topological polar surface area (TPSA) is 84.3 Å². The first kappa shape index (κ1) is 14.4. The Hall–Kier alpha value is -1.69. The van der Waals surface area contributed by atoms with E-state index in [9.17, 15) is 9.90 Å². The number of aromatic nitrogens is 2. The molecule has 100 valence electrons. The van der Waals surface area contributed by atoms with Crippen LogP contribution in [0, 0.1) is 5.92 Å². The summed E-state index contributed by atoms with van der Waals surface area (Å²) in [6.07, 6.45) is 0.875. The zero-order valence-electron chi connectivity index (χ0n) is 10.9. The molecule has 0 aliphatic carbocycles. The molecule has 6 nitrogen and oxygen atoms in total. The lowest BCUT2D eigenvalue weighted by atomic mass is 10.00. The van der Waals surface area contributed by atoms with E-state index in [1.165, 1.54) is 13.2 Å². The van der Waals surface area contributed by atoms with Gasteiger partial charge in [0.15, 0.2) is 5.69 Å². The van der Waals surface area contributed by atoms with Gasteiger partial charge in [-0.1, -0.05) is 20.3 Å². The van der Waals surface area contributed by atoms with Crippen LogP contribution in [0.2, 0.25) is 0 Å². The van der Waals surface area contributed by atoms with E-state index in [0.29, 0.717) is 5.88 Å². The van der Waals surface area contributed by atoms with Crippen molar-refractivity contribution in [2.24, 2.45) is 5.92 Å². The second-order valence-electron chi connectivity index (χ2n) is 4.11. The monoisotopic (exact) mass is 253 g/mol. The van der Waals surface area contributed by atoms with E-state index in [0.717, 1.165) is 6.42 Å². The molecule has 1 rings (SSSR count). The van der Waals surface area contributed by atoms with Crippen molar-refractivity contribution < 1.29 is 14.6 Å². The SMILES string of the molecule is CC[C@H](C)[C@@H](CO)NC(=O)c1ccc(OC)nn1. The molecule has 1 heterocycles. The predicted molar refractivity (Wildman–Crippen MR) is 66.4 cm³/mol. The van der Waals surface area contributed by atoms with Crippen molar-refractivity contribution in [3.63, 3.8) is 0 Å². The van der Waals surface area contributed by atoms with Gasteiger partial charge in [0.1, 0.15) is 0 Å². The van der Waals surface area contributed by atoms with Crippen LogP contribution in [0.4, 0.5) is 0 Å². The van der Waals surface area contributed by atoms with Crippen molar-refractivity contribution in [1.29, 1.82) is 0 Å². The van der Waals surface area contributed by atoms with Gasteiger partial charge in [0.05, 0.1) is 19.8 Å². The third kappa shape index (κ3) is 3.66. The number of nitrogens with one attached hydrogen (secondary N) is 1. The number of nitrogens with zero attached hydrogens (tertiary/aromatic N) is 2. The molecule has 0 unspecified atom stereocenters. The van der Waals surface area contributed by atoms with Crippen LogP contribution in [0.25, 0.3) is 0 Å². The molecule has 0 aromatic carbocycles. The average Bonchev–Trinajstić information content (AvgIpc) is 2.43. The first-order valence-corrected chi connectivity index (χ1v) is 5.91. The molecule has 0 fully saturated rings. The maximum atomic E-state index is 11.9. The summed E-state index contributed by atoms with van der Waals surface area (Å²) in [6, 6.07) is 2.83. The third-order valence-electron chi connectivity index (χ3n) is 2.93. The van der Waals surface area contributed by atoms with Crippen molar-refractivity contribution in [3.8, 4) is 5.88 Å². The van der Waals surface area contributed by atoms with E-state index in [1.807, 2.05) is 13.8 Å². The van der Waals surface area contributed by atoms with E-state index in [-0.39, 0.29) is 30.2 Å². The molecule has 0 saturated carbocycles. The van der Waals surface area contributed by atoms with Crippen LogP contribution in [-0.2, 0) is 0 Å². The normalized spacial score (nSPS) is 13.8. The number of rotatable bonds is 6. The fourth-order valence-electron chi connectivity index (χ4n) is 1.44. The van der Waals surface area contributed by atoms with Crippen molar-refractivity contribution >= 4 is 5.91 Å². The second kappa shape index (κ2) is 6.90. The van der Waals surface area contributed by atoms with Crippen LogP contribution in [0.3, 0.4) is 0 Å². The molecule has 18 heavy (non-hydrogen) atoms. The maximum absolute atomic E-state index is 11.9. The Bertz CT molecular complexity index is 381. The molecule has 0 bridgehead atoms. The lowest BCUT2D eigenvalue weighted by Gasteiger charge is -2.21. The highest BCUT2D eigenvalue weighted by Gasteiger charge is 2.19. The highest BCUT2D eigenvalue weighted by atomic mass is 16.5. The minimum Gasteiger partial charge on any atom is -0.480 e. The minimum atomic E-state index is -0.343. The van der Waals surface area contributed by atoms with Gasteiger partial charge in [-0.2, -0.15) is 0 Å². The molecule has 0 radical (unpaired) electrons. The Morgan fingerprint density at radius 2 is 2.22 bits per heavy atom. The highest BCUT2D eigenvalue weighted by molar-refractivity contribution is 5.92. The van der Waals surface area contributed by atoms with Gasteiger partial charge in [-0.15, -0.1) is 10.2 Å². The third-order valence-corrected chi connectivity index (χ3v) is 2.93. The Morgan fingerprint density at radius 1 is 1.50 bits per heavy atom. The van der Waals surface area contributed by atoms with Gasteiger partial charge in [-0.25, -0.2) is 0 Å². The van der Waals surface area contributed by atoms with Crippen LogP contribution in [0.5, 0.6) is 5.88 Å². The zero-order chi connectivity index (χ0) is 13.5. The first-order chi connectivity index (χ1) is 8.62. The Balaban J connectivity index is 2.68. The van der Waals surface area contributed by atoms with Crippen LogP contribution in [0.15, 0.2) is 12.1 Å². The number of hydrogen-bond donors (Lipinski definition) is 2. The summed E-state index contributed by atoms with van der Waals surface area (Å²) in [7, 11) is 1.48. The standard InChI is InChI=1S/C12H19N3O3/c1-4-8(2)10(7-16)13-12(17)9-5-6-11(18-3)15-14-9/h5-6,8,10,16H,4,7H2,1-3H3,(H,13,17)/t8-,10+/m0/s1. The Morgan fingerprint density at radius 3 is 2.67 bits per heavy atom. The van der Waals surface area contributed by atoms with Crippen molar-refractivity contribution in [2.45, 2.75) is 26.3 Å². The van der Waals surface area contributed by atoms with Crippen molar-refractivity contribution in [3.05, 3.63) is 17.8 Å². The predicted octanol–water partition coefficient (Wildman–Crippen LogP) is 0.622. The number of amides is 1. The maximum Gasteiger partial charge on any atom is 0.272 e. The molecule has 1 amide bonds. The van der Waals surface area contributed by atoms with Crippen LogP contribution < -0.4 is 10.1 Å². The Labute approximate surface area is 106 Å². The second-order valence-corrected chi connectivity index (χ2v) is 4.11. The van der Waals surface area contributed by atoms with E-state index in [2.05, 4.69) is 15.5 Å². The lowest BCUT2D eigenvalue weighted by molar-refractivity contribution is 0.0885. The highest BCUT2D eigenvalue weighted by Crippen LogP contribution is 2.08. The average molecular weight is 253 g/mol. The van der Waals surface area contributed by atoms with Gasteiger partial charge in [0.25, 0.3) is 5.91 Å². The summed E-state index contributed by atoms with van der Waals surface area (Å²) in [5.41, 5.74) is 0.206. The number of carbonyl (C=O) groups excluding carboxylic acids is 1. The van der Waals surface area contributed by atoms with Crippen LogP contribution in [-0.4, -0.2) is 41.0 Å². The van der Waals surface area contributed by atoms with E-state index >= 15 is 0 Å². The largest absolute Gasteiger partial charge is 0.480 e. The van der Waals surface area contributed by atoms with Gasteiger partial charge in [-0.3, -0.25) is 4.79 Å². The van der Waals surface area contributed by atoms with E-state index in [4.69, 9.17) is 4.74 Å². The number of carbonyl (C=O) groups is 1. The summed E-state index contributed by atoms with van der Waals surface area (Å²) < 4.78 is 4.86. The Kier molecular flexibility index (Phi) is 5.51. The molecule has 2 N–H and O–H groups in total. The van der Waals surface area contributed by atoms with Crippen molar-refractivity contribution in [2.75, 3.05) is 13.7 Å². The lowest BCUT2D eigenvalue weighted by Crippen LogP contribution is -2.42. The number of methoxy groups -OCH3 is 1. The summed E-state index contributed by atoms with van der Waals surface area (Å²) >= 11 is 0. The van der Waals surface area contributed by atoms with Gasteiger partial charge in [0.2, 0.25) is 5.88 Å². The molecule has 1 aromatic heterocycles. The fraction of sp³-hybridized carbons (Fsp3) is 0.583. The van der Waals surface area contributed by atoms with E-state index < -0.39 is 0 Å². The molecule has 0 aliphatic heterocycles. The quantitative estimate of drug-likeness (QED) is 0.776. The molecule has 1 aromatic rings. The first-order valence-electron chi connectivity index (χ1n) is 5.91. The molecule has 6 heteroatoms. The summed E-state index contributed by atoms with van der Waals surface area (Å²) in [6.45, 7) is 3.89. The smallest absolute Gasteiger partial charge is 0.272 e. The van der Waals surface area contributed by atoms with Gasteiger partial charge in [0, 0.05) is 6.07 Å². The molecule has 0 spiro atoms. The molecule has 0 aliphatic rings. The van der Waals surface area contributed by atoms with Crippen LogP contribution in [0.1, 0.15) is 30.8 Å². The molecular weight excluding hydrogens is 234 g/mol. The minimum absolute atomic E-state index is 0.0929. The number of hydrogen-bond acceptors (Lipinski definition) is 5. The summed E-state index contributed by atoms with van der Waals surface area (Å²) in [5, 5.41) is 19.4. The summed E-state index contributed by atoms with van der Waals surface area (Å²) in [4.78, 5) is 11.9. The van der Waals surface area contributed by atoms with E-state index in [1.54, 1.807) is 6.07 Å². The number of aliphatic hydroxyl groups is 1. The molecule has 2 atom stereocenters. The van der Waals surface area contributed by atoms with Gasteiger partial charge < -0.3 is 15.2 Å².